The van der Waals surface area contributed by atoms with Gasteiger partial charge in [0, 0.05) is 55.0 Å². The molecule has 4 aromatic heterocycles. The van der Waals surface area contributed by atoms with Crippen LogP contribution in [0.5, 0.6) is 0 Å². The lowest BCUT2D eigenvalue weighted by atomic mass is 10.0. The summed E-state index contributed by atoms with van der Waals surface area (Å²) < 4.78 is 7.36. The van der Waals surface area contributed by atoms with Crippen molar-refractivity contribution >= 4 is 60.6 Å². The van der Waals surface area contributed by atoms with Gasteiger partial charge in [-0.05, 0) is 66.9 Å². The highest BCUT2D eigenvalue weighted by molar-refractivity contribution is 6.12. The highest BCUT2D eigenvalue weighted by Gasteiger charge is 2.28. The summed E-state index contributed by atoms with van der Waals surface area (Å²) in [5.74, 6) is 1.82. The zero-order valence-electron chi connectivity index (χ0n) is 34.2. The number of allylic oxidation sites excluding steroid dienone is 1. The fourth-order valence-corrected chi connectivity index (χ4v) is 10.0. The van der Waals surface area contributed by atoms with Gasteiger partial charge in [-0.3, -0.25) is 0 Å². The number of fused-ring (bicyclic) bond motifs is 9. The molecule has 1 aliphatic rings. The van der Waals surface area contributed by atoms with Gasteiger partial charge in [-0.1, -0.05) is 158 Å². The predicted octanol–water partition coefficient (Wildman–Crippen LogP) is 14.0. The molecule has 0 bridgehead atoms. The molecule has 0 saturated heterocycles. The third-order valence-electron chi connectivity index (χ3n) is 12.8. The van der Waals surface area contributed by atoms with Crippen molar-refractivity contribution in [3.8, 4) is 51.2 Å². The first-order chi connectivity index (χ1) is 31.3. The molecular weight excluding hydrogens is 769 g/mol. The van der Waals surface area contributed by atoms with Crippen LogP contribution in [0.15, 0.2) is 200 Å². The van der Waals surface area contributed by atoms with Crippen molar-refractivity contribution in [3.05, 3.63) is 211 Å². The van der Waals surface area contributed by atoms with Gasteiger partial charge in [-0.15, -0.1) is 0 Å². The highest BCUT2D eigenvalue weighted by Crippen LogP contribution is 2.44. The number of rotatable bonds is 6. The molecule has 0 saturated carbocycles. The molecule has 6 heteroatoms. The first-order valence-corrected chi connectivity index (χ1v) is 21.6. The van der Waals surface area contributed by atoms with Gasteiger partial charge < -0.3 is 13.7 Å². The normalized spacial score (nSPS) is 12.6. The maximum Gasteiger partial charge on any atom is 0.166 e. The zero-order valence-corrected chi connectivity index (χ0v) is 34.2. The fraction of sp³-hybridized carbons (Fsp3) is 0.0351. The summed E-state index contributed by atoms with van der Waals surface area (Å²) in [6.07, 6.45) is 6.62. The Labute approximate surface area is 363 Å². The van der Waals surface area contributed by atoms with E-state index < -0.39 is 0 Å². The van der Waals surface area contributed by atoms with Crippen molar-refractivity contribution in [2.24, 2.45) is 0 Å². The molecular formula is C57H38N6. The van der Waals surface area contributed by atoms with Crippen LogP contribution in [-0.2, 0) is 6.42 Å². The number of aromatic nitrogens is 6. The Balaban J connectivity index is 1.26. The van der Waals surface area contributed by atoms with E-state index in [4.69, 9.17) is 15.0 Å². The van der Waals surface area contributed by atoms with Crippen LogP contribution >= 0.6 is 0 Å². The van der Waals surface area contributed by atoms with Gasteiger partial charge in [0.1, 0.15) is 0 Å². The Morgan fingerprint density at radius 1 is 0.381 bits per heavy atom. The summed E-state index contributed by atoms with van der Waals surface area (Å²) in [5, 5.41) is 6.02. The van der Waals surface area contributed by atoms with Gasteiger partial charge >= 0.3 is 0 Å². The standard InChI is InChI=1S/C57H38N6/c1-3-19-37(20-4-1)55-58-56(38-21-5-2-6-22-38)60-57(59-55)46-35-39(61-47-29-13-7-23-40(47)41-24-8-14-30-48(41)61)36-53(62-49-31-15-9-25-42(49)43-26-10-16-32-50(43)62)54(46)63-51-33-17-11-27-44(51)45-28-12-18-34-52(45)63/h1-7,9-23,25-36H,8,24H2. The molecule has 4 heterocycles. The summed E-state index contributed by atoms with van der Waals surface area (Å²) in [7, 11) is 0. The number of para-hydroxylation sites is 5. The molecule has 1 aliphatic carbocycles. The minimum absolute atomic E-state index is 0.587. The van der Waals surface area contributed by atoms with Gasteiger partial charge in [0.15, 0.2) is 17.5 Å². The number of benzene rings is 8. The molecule has 0 unspecified atom stereocenters. The van der Waals surface area contributed by atoms with Gasteiger partial charge in [0.2, 0.25) is 0 Å². The van der Waals surface area contributed by atoms with Crippen LogP contribution in [0.1, 0.15) is 17.7 Å². The van der Waals surface area contributed by atoms with Crippen LogP contribution in [0.3, 0.4) is 0 Å². The molecule has 296 valence electrons. The molecule has 0 radical (unpaired) electrons. The van der Waals surface area contributed by atoms with Crippen LogP contribution < -0.4 is 0 Å². The first-order valence-electron chi connectivity index (χ1n) is 21.6. The number of nitrogens with zero attached hydrogens (tertiary/aromatic N) is 6. The molecule has 0 N–H and O–H groups in total. The third-order valence-corrected chi connectivity index (χ3v) is 12.8. The summed E-state index contributed by atoms with van der Waals surface area (Å²) in [6.45, 7) is 0. The Bertz CT molecular complexity index is 3630. The van der Waals surface area contributed by atoms with E-state index in [1.54, 1.807) is 0 Å². The smallest absolute Gasteiger partial charge is 0.166 e. The van der Waals surface area contributed by atoms with Crippen molar-refractivity contribution in [2.75, 3.05) is 0 Å². The number of aryl methyl sites for hydroxylation is 1. The van der Waals surface area contributed by atoms with E-state index in [0.29, 0.717) is 17.5 Å². The van der Waals surface area contributed by atoms with Crippen molar-refractivity contribution in [3.63, 3.8) is 0 Å². The van der Waals surface area contributed by atoms with Gasteiger partial charge in [0.05, 0.1) is 39.0 Å². The van der Waals surface area contributed by atoms with E-state index in [2.05, 4.69) is 184 Å². The Morgan fingerprint density at radius 3 is 1.33 bits per heavy atom. The first kappa shape index (κ1) is 35.4. The van der Waals surface area contributed by atoms with Crippen molar-refractivity contribution in [1.82, 2.24) is 28.7 Å². The minimum Gasteiger partial charge on any atom is -0.309 e. The van der Waals surface area contributed by atoms with Crippen molar-refractivity contribution in [1.29, 1.82) is 0 Å². The second-order valence-electron chi connectivity index (χ2n) is 16.3. The maximum atomic E-state index is 5.48. The highest BCUT2D eigenvalue weighted by atomic mass is 15.1. The van der Waals surface area contributed by atoms with E-state index in [1.807, 2.05) is 36.4 Å². The van der Waals surface area contributed by atoms with Crippen LogP contribution in [0.25, 0.3) is 112 Å². The molecule has 12 aromatic rings. The molecule has 0 atom stereocenters. The maximum absolute atomic E-state index is 5.48. The molecule has 6 nitrogen and oxygen atoms in total. The lowest BCUT2D eigenvalue weighted by molar-refractivity contribution is 0.965. The fourth-order valence-electron chi connectivity index (χ4n) is 10.0. The van der Waals surface area contributed by atoms with E-state index in [1.165, 1.54) is 43.7 Å². The van der Waals surface area contributed by atoms with E-state index >= 15 is 0 Å². The molecule has 0 fully saturated rings. The predicted molar refractivity (Wildman–Crippen MR) is 259 cm³/mol. The summed E-state index contributed by atoms with van der Waals surface area (Å²) >= 11 is 0. The lowest BCUT2D eigenvalue weighted by Crippen LogP contribution is -2.10. The monoisotopic (exact) mass is 806 g/mol. The largest absolute Gasteiger partial charge is 0.309 e. The number of hydrogen-bond donors (Lipinski definition) is 0. The van der Waals surface area contributed by atoms with Crippen LogP contribution in [0, 0.1) is 0 Å². The average molecular weight is 807 g/mol. The van der Waals surface area contributed by atoms with Crippen LogP contribution in [-0.4, -0.2) is 28.7 Å². The van der Waals surface area contributed by atoms with E-state index in [-0.39, 0.29) is 0 Å². The summed E-state index contributed by atoms with van der Waals surface area (Å²) in [6, 6.07) is 69.1. The summed E-state index contributed by atoms with van der Waals surface area (Å²) in [4.78, 5) is 16.1. The van der Waals surface area contributed by atoms with Gasteiger partial charge in [0.25, 0.3) is 0 Å². The van der Waals surface area contributed by atoms with Gasteiger partial charge in [-0.2, -0.15) is 0 Å². The van der Waals surface area contributed by atoms with Crippen LogP contribution in [0.2, 0.25) is 0 Å². The quantitative estimate of drug-likeness (QED) is 0.168. The Kier molecular flexibility index (Phi) is 7.93. The van der Waals surface area contributed by atoms with E-state index in [9.17, 15) is 0 Å². The van der Waals surface area contributed by atoms with Gasteiger partial charge in [-0.25, -0.2) is 15.0 Å². The second-order valence-corrected chi connectivity index (χ2v) is 16.3. The lowest BCUT2D eigenvalue weighted by Gasteiger charge is -2.23. The molecule has 0 aliphatic heterocycles. The topological polar surface area (TPSA) is 53.5 Å². The Morgan fingerprint density at radius 2 is 0.810 bits per heavy atom. The van der Waals surface area contributed by atoms with Crippen LogP contribution in [0.4, 0.5) is 0 Å². The number of hydrogen-bond acceptors (Lipinski definition) is 3. The molecule has 0 amide bonds. The Hall–Kier alpha value is -8.35. The van der Waals surface area contributed by atoms with Crippen molar-refractivity contribution < 1.29 is 0 Å². The molecule has 63 heavy (non-hydrogen) atoms. The molecule has 13 rings (SSSR count). The average Bonchev–Trinajstić information content (AvgIpc) is 4.00. The van der Waals surface area contributed by atoms with Crippen molar-refractivity contribution in [2.45, 2.75) is 12.8 Å². The molecule has 0 spiro atoms. The minimum atomic E-state index is 0.587. The SMILES string of the molecule is C1=Cc2c(c3ccccc3n2-c2cc(-c3nc(-c4ccccc4)nc(-c4ccccc4)n3)c(-n3c4ccccc4c4ccccc43)c(-n3c4ccccc4c4ccccc43)c2)CC1. The third kappa shape index (κ3) is 5.48. The zero-order chi connectivity index (χ0) is 41.4. The second kappa shape index (κ2) is 14.1. The summed E-state index contributed by atoms with van der Waals surface area (Å²) in [5.41, 5.74) is 13.9. The van der Waals surface area contributed by atoms with E-state index in [0.717, 1.165) is 68.7 Å². The molecule has 8 aromatic carbocycles.